The van der Waals surface area contributed by atoms with E-state index in [9.17, 15) is 4.79 Å². The number of halogens is 1. The number of aryl methyl sites for hydroxylation is 1. The molecule has 0 spiro atoms. The maximum atomic E-state index is 12.2. The van der Waals surface area contributed by atoms with Crippen LogP contribution in [0.4, 0.5) is 0 Å². The van der Waals surface area contributed by atoms with E-state index in [4.69, 9.17) is 0 Å². The maximum absolute atomic E-state index is 12.2. The molecule has 1 aromatic heterocycles. The predicted molar refractivity (Wildman–Crippen MR) is 88.3 cm³/mol. The monoisotopic (exact) mass is 349 g/mol. The summed E-state index contributed by atoms with van der Waals surface area (Å²) >= 11 is 3.38. The van der Waals surface area contributed by atoms with Gasteiger partial charge >= 0.3 is 0 Å². The number of benzene rings is 1. The Kier molecular flexibility index (Phi) is 5.20. The molecule has 0 saturated heterocycles. The van der Waals surface area contributed by atoms with Gasteiger partial charge in [0, 0.05) is 35.5 Å². The molecule has 2 aromatic rings. The fraction of sp³-hybridized carbons (Fsp3) is 0.312. The molecule has 1 heterocycles. The Morgan fingerprint density at radius 3 is 2.67 bits per heavy atom. The number of carbonyl (C=O) groups excluding carboxylic acids is 1. The Morgan fingerprint density at radius 1 is 1.33 bits per heavy atom. The molecule has 1 atom stereocenters. The lowest BCUT2D eigenvalue weighted by Crippen LogP contribution is -2.35. The largest absolute Gasteiger partial charge is 0.353 e. The van der Waals surface area contributed by atoms with Gasteiger partial charge in [0.15, 0.2) is 0 Å². The van der Waals surface area contributed by atoms with Gasteiger partial charge in [0.05, 0.1) is 6.04 Å². The molecule has 1 aromatic carbocycles. The molecule has 0 fully saturated rings. The van der Waals surface area contributed by atoms with Crippen LogP contribution in [0.5, 0.6) is 0 Å². The average molecular weight is 350 g/mol. The van der Waals surface area contributed by atoms with Crippen LogP contribution in [-0.4, -0.2) is 36.0 Å². The lowest BCUT2D eigenvalue weighted by molar-refractivity contribution is 0.0941. The number of rotatable bonds is 5. The number of nitrogens with one attached hydrogen (secondary N) is 1. The smallest absolute Gasteiger partial charge is 0.251 e. The van der Waals surface area contributed by atoms with Crippen molar-refractivity contribution in [2.24, 2.45) is 7.05 Å². The van der Waals surface area contributed by atoms with Gasteiger partial charge in [0.1, 0.15) is 0 Å². The van der Waals surface area contributed by atoms with Gasteiger partial charge in [-0.05, 0) is 44.4 Å². The topological polar surface area (TPSA) is 37.3 Å². The van der Waals surface area contributed by atoms with Gasteiger partial charge in [-0.25, -0.2) is 0 Å². The van der Waals surface area contributed by atoms with Crippen LogP contribution in [0.2, 0.25) is 0 Å². The molecule has 0 aliphatic carbocycles. The first-order chi connectivity index (χ1) is 9.99. The van der Waals surface area contributed by atoms with Crippen molar-refractivity contribution >= 4 is 21.8 Å². The lowest BCUT2D eigenvalue weighted by Gasteiger charge is -2.25. The van der Waals surface area contributed by atoms with E-state index in [-0.39, 0.29) is 11.9 Å². The van der Waals surface area contributed by atoms with Crippen molar-refractivity contribution in [3.8, 4) is 0 Å². The number of carbonyl (C=O) groups is 1. The van der Waals surface area contributed by atoms with Gasteiger partial charge in [-0.2, -0.15) is 0 Å². The van der Waals surface area contributed by atoms with E-state index in [0.29, 0.717) is 12.1 Å². The molecule has 1 N–H and O–H groups in total. The fourth-order valence-electron chi connectivity index (χ4n) is 2.29. The molecule has 5 heteroatoms. The van der Waals surface area contributed by atoms with Gasteiger partial charge < -0.3 is 9.88 Å². The number of amides is 1. The van der Waals surface area contributed by atoms with E-state index in [0.717, 1.165) is 4.47 Å². The molecule has 0 bridgehead atoms. The first-order valence-electron chi connectivity index (χ1n) is 6.80. The average Bonchev–Trinajstić information content (AvgIpc) is 2.85. The Labute approximate surface area is 133 Å². The minimum atomic E-state index is -0.0580. The third-order valence-electron chi connectivity index (χ3n) is 3.49. The SMILES string of the molecule is CN(C)C(CNC(=O)c1cccc(Br)c1)c1cccn1C. The molecular formula is C16H20BrN3O. The van der Waals surface area contributed by atoms with Crippen molar-refractivity contribution in [1.82, 2.24) is 14.8 Å². The summed E-state index contributed by atoms with van der Waals surface area (Å²) in [7, 11) is 6.05. The van der Waals surface area contributed by atoms with E-state index < -0.39 is 0 Å². The molecule has 0 aliphatic rings. The van der Waals surface area contributed by atoms with Crippen molar-refractivity contribution in [1.29, 1.82) is 0 Å². The summed E-state index contributed by atoms with van der Waals surface area (Å²) in [4.78, 5) is 14.3. The first kappa shape index (κ1) is 15.8. The third kappa shape index (κ3) is 3.95. The molecular weight excluding hydrogens is 330 g/mol. The summed E-state index contributed by atoms with van der Waals surface area (Å²) in [6, 6.07) is 11.6. The van der Waals surface area contributed by atoms with E-state index in [1.807, 2.05) is 57.7 Å². The molecule has 1 amide bonds. The quantitative estimate of drug-likeness (QED) is 0.901. The second-order valence-electron chi connectivity index (χ2n) is 5.24. The van der Waals surface area contributed by atoms with Crippen LogP contribution < -0.4 is 5.32 Å². The molecule has 0 radical (unpaired) electrons. The van der Waals surface area contributed by atoms with Crippen LogP contribution >= 0.6 is 15.9 Å². The number of hydrogen-bond acceptors (Lipinski definition) is 2. The lowest BCUT2D eigenvalue weighted by atomic mass is 10.1. The van der Waals surface area contributed by atoms with E-state index >= 15 is 0 Å². The number of aromatic nitrogens is 1. The summed E-state index contributed by atoms with van der Waals surface area (Å²) in [5, 5.41) is 3.01. The van der Waals surface area contributed by atoms with Crippen LogP contribution in [0.15, 0.2) is 47.1 Å². The second-order valence-corrected chi connectivity index (χ2v) is 6.16. The zero-order chi connectivity index (χ0) is 15.4. The van der Waals surface area contributed by atoms with Crippen LogP contribution in [0.1, 0.15) is 22.1 Å². The maximum Gasteiger partial charge on any atom is 0.251 e. The van der Waals surface area contributed by atoms with Crippen molar-refractivity contribution < 1.29 is 4.79 Å². The Balaban J connectivity index is 2.06. The minimum absolute atomic E-state index is 0.0580. The van der Waals surface area contributed by atoms with Gasteiger partial charge in [0.25, 0.3) is 5.91 Å². The minimum Gasteiger partial charge on any atom is -0.353 e. The zero-order valence-corrected chi connectivity index (χ0v) is 14.1. The molecule has 0 aliphatic heterocycles. The van der Waals surface area contributed by atoms with Crippen molar-refractivity contribution in [3.05, 3.63) is 58.3 Å². The van der Waals surface area contributed by atoms with Gasteiger partial charge in [-0.1, -0.05) is 22.0 Å². The summed E-state index contributed by atoms with van der Waals surface area (Å²) in [5.41, 5.74) is 1.84. The highest BCUT2D eigenvalue weighted by Crippen LogP contribution is 2.17. The zero-order valence-electron chi connectivity index (χ0n) is 12.5. The molecule has 21 heavy (non-hydrogen) atoms. The Hall–Kier alpha value is -1.59. The number of nitrogens with zero attached hydrogens (tertiary/aromatic N) is 2. The standard InChI is InChI=1S/C16H20BrN3O/c1-19(2)15(14-8-5-9-20(14)3)11-18-16(21)12-6-4-7-13(17)10-12/h4-10,15H,11H2,1-3H3,(H,18,21). The van der Waals surface area contributed by atoms with Crippen LogP contribution in [0.3, 0.4) is 0 Å². The molecule has 0 saturated carbocycles. The molecule has 4 nitrogen and oxygen atoms in total. The summed E-state index contributed by atoms with van der Waals surface area (Å²) < 4.78 is 2.98. The number of likely N-dealkylation sites (N-methyl/N-ethyl adjacent to an activating group) is 1. The highest BCUT2D eigenvalue weighted by molar-refractivity contribution is 9.10. The summed E-state index contributed by atoms with van der Waals surface area (Å²) in [6.07, 6.45) is 2.02. The summed E-state index contributed by atoms with van der Waals surface area (Å²) in [5.74, 6) is -0.0580. The van der Waals surface area contributed by atoms with E-state index in [1.165, 1.54) is 5.69 Å². The number of hydrogen-bond donors (Lipinski definition) is 1. The van der Waals surface area contributed by atoms with Gasteiger partial charge in [-0.3, -0.25) is 9.69 Å². The normalized spacial score (nSPS) is 12.4. The Morgan fingerprint density at radius 2 is 2.10 bits per heavy atom. The molecule has 2 rings (SSSR count). The van der Waals surface area contributed by atoms with Crippen LogP contribution in [0, 0.1) is 0 Å². The summed E-state index contributed by atoms with van der Waals surface area (Å²) in [6.45, 7) is 0.566. The predicted octanol–water partition coefficient (Wildman–Crippen LogP) is 2.82. The van der Waals surface area contributed by atoms with Gasteiger partial charge in [0.2, 0.25) is 0 Å². The van der Waals surface area contributed by atoms with Crippen molar-refractivity contribution in [2.75, 3.05) is 20.6 Å². The second kappa shape index (κ2) is 6.91. The molecule has 1 unspecified atom stereocenters. The van der Waals surface area contributed by atoms with Crippen LogP contribution in [0.25, 0.3) is 0 Å². The molecule has 112 valence electrons. The van der Waals surface area contributed by atoms with Crippen LogP contribution in [-0.2, 0) is 7.05 Å². The Bertz CT molecular complexity index is 621. The highest BCUT2D eigenvalue weighted by atomic mass is 79.9. The van der Waals surface area contributed by atoms with Crippen molar-refractivity contribution in [2.45, 2.75) is 6.04 Å². The first-order valence-corrected chi connectivity index (χ1v) is 7.59. The van der Waals surface area contributed by atoms with Gasteiger partial charge in [-0.15, -0.1) is 0 Å². The third-order valence-corrected chi connectivity index (χ3v) is 3.98. The van der Waals surface area contributed by atoms with E-state index in [1.54, 1.807) is 0 Å². The van der Waals surface area contributed by atoms with Crippen molar-refractivity contribution in [3.63, 3.8) is 0 Å². The highest BCUT2D eigenvalue weighted by Gasteiger charge is 2.18. The van der Waals surface area contributed by atoms with E-state index in [2.05, 4.69) is 36.8 Å². The fourth-order valence-corrected chi connectivity index (χ4v) is 2.69.